The minimum atomic E-state index is -0.271. The molecule has 0 aromatic carbocycles. The van der Waals surface area contributed by atoms with Gasteiger partial charge in [0.2, 0.25) is 0 Å². The molecule has 1 aromatic rings. The number of urea groups is 1. The van der Waals surface area contributed by atoms with E-state index in [0.29, 0.717) is 5.82 Å². The number of carbonyl (C=O) groups is 1. The quantitative estimate of drug-likeness (QED) is 0.881. The number of aromatic nitrogens is 1. The van der Waals surface area contributed by atoms with E-state index in [1.807, 2.05) is 39.8 Å². The highest BCUT2D eigenvalue weighted by Gasteiger charge is 2.30. The predicted octanol–water partition coefficient (Wildman–Crippen LogP) is 2.26. The van der Waals surface area contributed by atoms with E-state index in [2.05, 4.69) is 10.3 Å². The van der Waals surface area contributed by atoms with E-state index in [4.69, 9.17) is 0 Å². The van der Waals surface area contributed by atoms with E-state index in [1.165, 1.54) is 4.90 Å². The first-order valence-electron chi connectivity index (χ1n) is 6.34. The van der Waals surface area contributed by atoms with Crippen molar-refractivity contribution in [2.75, 3.05) is 19.0 Å². The molecule has 0 bridgehead atoms. The Hall–Kier alpha value is -1.62. The number of anilines is 1. The molecule has 0 spiro atoms. The summed E-state index contributed by atoms with van der Waals surface area (Å²) in [5.41, 5.74) is 0.649. The van der Waals surface area contributed by atoms with Crippen molar-refractivity contribution in [2.45, 2.75) is 33.7 Å². The van der Waals surface area contributed by atoms with Gasteiger partial charge in [-0.25, -0.2) is 9.78 Å². The standard InChI is InChI=1S/C14H23N3O2/c1-10-7-6-8-12(15-10)16-13(19)17(5)11(9-18)14(2,3)4/h6-8,11,18H,9H2,1-5H3,(H,15,16,19)/t11-/m0/s1. The van der Waals surface area contributed by atoms with Crippen LogP contribution in [0.5, 0.6) is 0 Å². The van der Waals surface area contributed by atoms with Crippen molar-refractivity contribution in [3.8, 4) is 0 Å². The summed E-state index contributed by atoms with van der Waals surface area (Å²) in [6.45, 7) is 7.76. The van der Waals surface area contributed by atoms with Crippen LogP contribution in [0.15, 0.2) is 18.2 Å². The van der Waals surface area contributed by atoms with Crippen molar-refractivity contribution in [3.63, 3.8) is 0 Å². The molecule has 0 saturated carbocycles. The van der Waals surface area contributed by atoms with Crippen molar-refractivity contribution in [3.05, 3.63) is 23.9 Å². The zero-order valence-electron chi connectivity index (χ0n) is 12.3. The predicted molar refractivity (Wildman–Crippen MR) is 76.1 cm³/mol. The zero-order valence-corrected chi connectivity index (χ0v) is 12.3. The summed E-state index contributed by atoms with van der Waals surface area (Å²) in [5.74, 6) is 0.516. The fourth-order valence-electron chi connectivity index (χ4n) is 1.93. The van der Waals surface area contributed by atoms with Crippen LogP contribution >= 0.6 is 0 Å². The average molecular weight is 265 g/mol. The van der Waals surface area contributed by atoms with E-state index in [1.54, 1.807) is 13.1 Å². The summed E-state index contributed by atoms with van der Waals surface area (Å²) in [4.78, 5) is 17.9. The van der Waals surface area contributed by atoms with Crippen LogP contribution in [-0.4, -0.2) is 40.7 Å². The first-order chi connectivity index (χ1) is 8.75. The van der Waals surface area contributed by atoms with Crippen LogP contribution in [0, 0.1) is 12.3 Å². The molecule has 0 aliphatic heterocycles. The third kappa shape index (κ3) is 4.21. The minimum Gasteiger partial charge on any atom is -0.394 e. The second kappa shape index (κ2) is 6.02. The van der Waals surface area contributed by atoms with Gasteiger partial charge in [0, 0.05) is 12.7 Å². The van der Waals surface area contributed by atoms with Crippen molar-refractivity contribution >= 4 is 11.8 Å². The number of likely N-dealkylation sites (N-methyl/N-ethyl adjacent to an activating group) is 1. The molecule has 2 N–H and O–H groups in total. The van der Waals surface area contributed by atoms with Gasteiger partial charge in [-0.2, -0.15) is 0 Å². The number of nitrogens with one attached hydrogen (secondary N) is 1. The Bertz CT molecular complexity index is 441. The number of aliphatic hydroxyl groups excluding tert-OH is 1. The first-order valence-corrected chi connectivity index (χ1v) is 6.34. The Morgan fingerprint density at radius 3 is 2.58 bits per heavy atom. The summed E-state index contributed by atoms with van der Waals surface area (Å²) in [6, 6.07) is 4.92. The lowest BCUT2D eigenvalue weighted by molar-refractivity contribution is 0.0885. The normalized spacial score (nSPS) is 12.9. The minimum absolute atomic E-state index is 0.0747. The fourth-order valence-corrected chi connectivity index (χ4v) is 1.93. The Kier molecular flexibility index (Phi) is 4.89. The van der Waals surface area contributed by atoms with Gasteiger partial charge in [-0.3, -0.25) is 5.32 Å². The molecule has 19 heavy (non-hydrogen) atoms. The highest BCUT2D eigenvalue weighted by Crippen LogP contribution is 2.23. The Balaban J connectivity index is 2.77. The van der Waals surface area contributed by atoms with Crippen molar-refractivity contribution in [1.82, 2.24) is 9.88 Å². The molecule has 0 saturated heterocycles. The summed E-state index contributed by atoms with van der Waals surface area (Å²) in [5, 5.41) is 12.2. The third-order valence-corrected chi connectivity index (χ3v) is 3.08. The molecular weight excluding hydrogens is 242 g/mol. The Morgan fingerprint density at radius 1 is 1.47 bits per heavy atom. The average Bonchev–Trinajstić information content (AvgIpc) is 2.27. The molecule has 0 aliphatic rings. The molecule has 1 rings (SSSR count). The second-order valence-electron chi connectivity index (χ2n) is 5.77. The number of hydrogen-bond acceptors (Lipinski definition) is 3. The molecule has 106 valence electrons. The van der Waals surface area contributed by atoms with Crippen molar-refractivity contribution in [2.24, 2.45) is 5.41 Å². The topological polar surface area (TPSA) is 65.5 Å². The largest absolute Gasteiger partial charge is 0.394 e. The maximum absolute atomic E-state index is 12.1. The maximum Gasteiger partial charge on any atom is 0.323 e. The van der Waals surface area contributed by atoms with Gasteiger partial charge in [0.05, 0.1) is 12.6 Å². The highest BCUT2D eigenvalue weighted by atomic mass is 16.3. The van der Waals surface area contributed by atoms with Crippen LogP contribution in [0.1, 0.15) is 26.5 Å². The SMILES string of the molecule is Cc1cccc(NC(=O)N(C)[C@@H](CO)C(C)(C)C)n1. The zero-order chi connectivity index (χ0) is 14.6. The van der Waals surface area contributed by atoms with E-state index >= 15 is 0 Å². The monoisotopic (exact) mass is 265 g/mol. The van der Waals surface area contributed by atoms with Gasteiger partial charge in [0.1, 0.15) is 5.82 Å². The second-order valence-corrected chi connectivity index (χ2v) is 5.77. The number of amides is 2. The van der Waals surface area contributed by atoms with E-state index < -0.39 is 0 Å². The Morgan fingerprint density at radius 2 is 2.11 bits per heavy atom. The Labute approximate surface area is 114 Å². The number of aryl methyl sites for hydroxylation is 1. The van der Waals surface area contributed by atoms with Gasteiger partial charge >= 0.3 is 6.03 Å². The van der Waals surface area contributed by atoms with Crippen LogP contribution in [-0.2, 0) is 0 Å². The molecule has 2 amide bonds. The van der Waals surface area contributed by atoms with Crippen LogP contribution in [0.2, 0.25) is 0 Å². The number of rotatable bonds is 3. The highest BCUT2D eigenvalue weighted by molar-refractivity contribution is 5.88. The lowest BCUT2D eigenvalue weighted by Gasteiger charge is -2.36. The van der Waals surface area contributed by atoms with Crippen LogP contribution in [0.3, 0.4) is 0 Å². The molecule has 5 nitrogen and oxygen atoms in total. The molecule has 1 atom stereocenters. The first kappa shape index (κ1) is 15.4. The smallest absolute Gasteiger partial charge is 0.323 e. The van der Waals surface area contributed by atoms with Crippen LogP contribution in [0.25, 0.3) is 0 Å². The lowest BCUT2D eigenvalue weighted by Crippen LogP contribution is -2.49. The van der Waals surface area contributed by atoms with Gasteiger partial charge in [-0.1, -0.05) is 26.8 Å². The van der Waals surface area contributed by atoms with Crippen molar-refractivity contribution in [1.29, 1.82) is 0 Å². The molecule has 5 heteroatoms. The number of carbonyl (C=O) groups excluding carboxylic acids is 1. The van der Waals surface area contributed by atoms with E-state index in [0.717, 1.165) is 5.69 Å². The lowest BCUT2D eigenvalue weighted by atomic mass is 9.86. The van der Waals surface area contributed by atoms with Gasteiger partial charge in [-0.15, -0.1) is 0 Å². The molecular formula is C14H23N3O2. The summed E-state index contributed by atoms with van der Waals surface area (Å²) in [7, 11) is 1.68. The summed E-state index contributed by atoms with van der Waals surface area (Å²) in [6.07, 6.45) is 0. The van der Waals surface area contributed by atoms with Gasteiger partial charge in [0.25, 0.3) is 0 Å². The number of nitrogens with zero attached hydrogens (tertiary/aromatic N) is 2. The third-order valence-electron chi connectivity index (χ3n) is 3.08. The van der Waals surface area contributed by atoms with Crippen LogP contribution < -0.4 is 5.32 Å². The van der Waals surface area contributed by atoms with Gasteiger partial charge in [0.15, 0.2) is 0 Å². The molecule has 1 aromatic heterocycles. The van der Waals surface area contributed by atoms with Crippen LogP contribution in [0.4, 0.5) is 10.6 Å². The molecule has 1 heterocycles. The van der Waals surface area contributed by atoms with Gasteiger partial charge < -0.3 is 10.0 Å². The number of aliphatic hydroxyl groups is 1. The molecule has 0 unspecified atom stereocenters. The van der Waals surface area contributed by atoms with Crippen molar-refractivity contribution < 1.29 is 9.90 Å². The summed E-state index contributed by atoms with van der Waals surface area (Å²) >= 11 is 0. The summed E-state index contributed by atoms with van der Waals surface area (Å²) < 4.78 is 0. The molecule has 0 fully saturated rings. The maximum atomic E-state index is 12.1. The molecule has 0 aliphatic carbocycles. The van der Waals surface area contributed by atoms with E-state index in [-0.39, 0.29) is 24.1 Å². The van der Waals surface area contributed by atoms with E-state index in [9.17, 15) is 9.90 Å². The van der Waals surface area contributed by atoms with Gasteiger partial charge in [-0.05, 0) is 24.5 Å². The fraction of sp³-hybridized carbons (Fsp3) is 0.571. The molecule has 0 radical (unpaired) electrons. The number of hydrogen-bond donors (Lipinski definition) is 2. The number of pyridine rings is 1.